The fourth-order valence-corrected chi connectivity index (χ4v) is 4.63. The lowest BCUT2D eigenvalue weighted by molar-refractivity contribution is -0.143. The number of ether oxygens (including phenoxy) is 2. The van der Waals surface area contributed by atoms with E-state index in [1.165, 1.54) is 18.4 Å². The number of aromatic nitrogens is 1. The van der Waals surface area contributed by atoms with Gasteiger partial charge in [0, 0.05) is 10.5 Å². The number of fused-ring (bicyclic) bond motifs is 1. The van der Waals surface area contributed by atoms with Crippen LogP contribution in [0.25, 0.3) is 10.2 Å². The molecule has 0 spiro atoms. The van der Waals surface area contributed by atoms with Crippen LogP contribution >= 0.6 is 23.1 Å². The van der Waals surface area contributed by atoms with Gasteiger partial charge in [-0.2, -0.15) is 4.99 Å². The van der Waals surface area contributed by atoms with E-state index in [9.17, 15) is 14.4 Å². The van der Waals surface area contributed by atoms with E-state index in [0.717, 1.165) is 10.6 Å². The molecule has 2 aromatic carbocycles. The van der Waals surface area contributed by atoms with Gasteiger partial charge in [-0.1, -0.05) is 18.3 Å². The number of rotatable bonds is 7. The SMILES string of the molecule is CCOC(=O)Cn1c(=NC(=O)c2ccc(SCC)cc2)sc2cc(C(=O)OC)ccc21. The first-order chi connectivity index (χ1) is 15.0. The molecule has 7 nitrogen and oxygen atoms in total. The van der Waals surface area contributed by atoms with Crippen molar-refractivity contribution in [1.29, 1.82) is 0 Å². The third-order valence-electron chi connectivity index (χ3n) is 4.31. The molecule has 1 amide bonds. The molecule has 0 fully saturated rings. The summed E-state index contributed by atoms with van der Waals surface area (Å²) in [6.07, 6.45) is 0. The molecule has 3 rings (SSSR count). The van der Waals surface area contributed by atoms with Gasteiger partial charge in [-0.05, 0) is 55.1 Å². The molecule has 0 aliphatic heterocycles. The molecule has 0 atom stereocenters. The molecule has 1 aromatic heterocycles. The second-order valence-corrected chi connectivity index (χ2v) is 8.67. The van der Waals surface area contributed by atoms with Crippen LogP contribution in [-0.4, -0.2) is 41.9 Å². The lowest BCUT2D eigenvalue weighted by atomic mass is 10.2. The van der Waals surface area contributed by atoms with Crippen LogP contribution in [-0.2, 0) is 20.8 Å². The number of esters is 2. The van der Waals surface area contributed by atoms with Gasteiger partial charge in [0.25, 0.3) is 5.91 Å². The molecule has 0 N–H and O–H groups in total. The van der Waals surface area contributed by atoms with Crippen LogP contribution in [0.4, 0.5) is 0 Å². The van der Waals surface area contributed by atoms with Gasteiger partial charge in [-0.3, -0.25) is 9.59 Å². The van der Waals surface area contributed by atoms with E-state index in [0.29, 0.717) is 26.1 Å². The lowest BCUT2D eigenvalue weighted by Gasteiger charge is -2.05. The van der Waals surface area contributed by atoms with Gasteiger partial charge in [0.05, 0.1) is 29.5 Å². The Bertz CT molecular complexity index is 1180. The molecule has 0 aliphatic carbocycles. The highest BCUT2D eigenvalue weighted by molar-refractivity contribution is 7.99. The summed E-state index contributed by atoms with van der Waals surface area (Å²) in [4.78, 5) is 42.5. The van der Waals surface area contributed by atoms with Crippen molar-refractivity contribution >= 4 is 51.2 Å². The number of amides is 1. The number of hydrogen-bond acceptors (Lipinski definition) is 7. The summed E-state index contributed by atoms with van der Waals surface area (Å²) in [5, 5.41) is 0. The maximum Gasteiger partial charge on any atom is 0.337 e. The molecule has 0 unspecified atom stereocenters. The molecule has 3 aromatic rings. The molecule has 0 saturated heterocycles. The summed E-state index contributed by atoms with van der Waals surface area (Å²) in [6, 6.07) is 12.2. The Kier molecular flexibility index (Phi) is 7.64. The maximum absolute atomic E-state index is 12.8. The van der Waals surface area contributed by atoms with Crippen LogP contribution in [0, 0.1) is 0 Å². The summed E-state index contributed by atoms with van der Waals surface area (Å²) < 4.78 is 12.2. The molecule has 31 heavy (non-hydrogen) atoms. The minimum atomic E-state index is -0.466. The molecular weight excluding hydrogens is 436 g/mol. The molecule has 1 heterocycles. The highest BCUT2D eigenvalue weighted by Gasteiger charge is 2.15. The number of carbonyl (C=O) groups excluding carboxylic acids is 3. The van der Waals surface area contributed by atoms with Crippen molar-refractivity contribution in [2.45, 2.75) is 25.3 Å². The third-order valence-corrected chi connectivity index (χ3v) is 6.24. The van der Waals surface area contributed by atoms with Crippen LogP contribution in [0.15, 0.2) is 52.4 Å². The van der Waals surface area contributed by atoms with E-state index in [2.05, 4.69) is 11.9 Å². The molecule has 162 valence electrons. The fourth-order valence-electron chi connectivity index (χ4n) is 2.90. The van der Waals surface area contributed by atoms with Gasteiger partial charge in [0.1, 0.15) is 6.54 Å². The Morgan fingerprint density at radius 1 is 1.06 bits per heavy atom. The number of hydrogen-bond donors (Lipinski definition) is 0. The van der Waals surface area contributed by atoms with E-state index in [1.807, 2.05) is 12.1 Å². The van der Waals surface area contributed by atoms with Gasteiger partial charge in [-0.15, -0.1) is 11.8 Å². The number of benzene rings is 2. The van der Waals surface area contributed by atoms with E-state index < -0.39 is 17.8 Å². The second-order valence-electron chi connectivity index (χ2n) is 6.32. The quantitative estimate of drug-likeness (QED) is 0.394. The zero-order chi connectivity index (χ0) is 22.4. The van der Waals surface area contributed by atoms with Crippen LogP contribution < -0.4 is 4.80 Å². The van der Waals surface area contributed by atoms with Crippen molar-refractivity contribution in [2.24, 2.45) is 4.99 Å². The van der Waals surface area contributed by atoms with Crippen molar-refractivity contribution < 1.29 is 23.9 Å². The van der Waals surface area contributed by atoms with Crippen LogP contribution in [0.2, 0.25) is 0 Å². The predicted octanol–water partition coefficient (Wildman–Crippen LogP) is 3.91. The van der Waals surface area contributed by atoms with Crippen LogP contribution in [0.5, 0.6) is 0 Å². The van der Waals surface area contributed by atoms with E-state index in [1.54, 1.807) is 53.6 Å². The Morgan fingerprint density at radius 2 is 1.77 bits per heavy atom. The average molecular weight is 459 g/mol. The predicted molar refractivity (Wildman–Crippen MR) is 121 cm³/mol. The molecule has 0 radical (unpaired) electrons. The Labute approximate surface area is 187 Å². The number of carbonyl (C=O) groups is 3. The number of nitrogens with zero attached hydrogens (tertiary/aromatic N) is 2. The zero-order valence-corrected chi connectivity index (χ0v) is 19.0. The summed E-state index contributed by atoms with van der Waals surface area (Å²) in [6.45, 7) is 3.95. The number of thioether (sulfide) groups is 1. The zero-order valence-electron chi connectivity index (χ0n) is 17.4. The minimum absolute atomic E-state index is 0.0936. The maximum atomic E-state index is 12.8. The van der Waals surface area contributed by atoms with Crippen molar-refractivity contribution in [3.63, 3.8) is 0 Å². The summed E-state index contributed by atoms with van der Waals surface area (Å²) in [5.41, 5.74) is 1.50. The van der Waals surface area contributed by atoms with E-state index >= 15 is 0 Å². The average Bonchev–Trinajstić information content (AvgIpc) is 3.10. The highest BCUT2D eigenvalue weighted by atomic mass is 32.2. The van der Waals surface area contributed by atoms with Crippen LogP contribution in [0.3, 0.4) is 0 Å². The molecule has 0 bridgehead atoms. The standard InChI is InChI=1S/C22H22N2O5S2/c1-4-29-19(25)13-24-17-11-8-15(21(27)28-3)12-18(17)31-22(24)23-20(26)14-6-9-16(10-7-14)30-5-2/h6-12H,4-5,13H2,1-3H3. The first-order valence-electron chi connectivity index (χ1n) is 9.66. The van der Waals surface area contributed by atoms with Gasteiger partial charge in [0.15, 0.2) is 4.80 Å². The minimum Gasteiger partial charge on any atom is -0.465 e. The smallest absolute Gasteiger partial charge is 0.337 e. The summed E-state index contributed by atoms with van der Waals surface area (Å²) >= 11 is 2.90. The van der Waals surface area contributed by atoms with E-state index in [-0.39, 0.29) is 13.2 Å². The van der Waals surface area contributed by atoms with Crippen molar-refractivity contribution in [3.05, 3.63) is 58.4 Å². The van der Waals surface area contributed by atoms with E-state index in [4.69, 9.17) is 9.47 Å². The van der Waals surface area contributed by atoms with Crippen molar-refractivity contribution in [1.82, 2.24) is 4.57 Å². The lowest BCUT2D eigenvalue weighted by Crippen LogP contribution is -2.23. The molecule has 0 aliphatic rings. The van der Waals surface area contributed by atoms with Crippen LogP contribution in [0.1, 0.15) is 34.6 Å². The first-order valence-corrected chi connectivity index (χ1v) is 11.5. The topological polar surface area (TPSA) is 87.0 Å². The Hall–Kier alpha value is -2.91. The highest BCUT2D eigenvalue weighted by Crippen LogP contribution is 2.21. The fraction of sp³-hybridized carbons (Fsp3) is 0.273. The number of methoxy groups -OCH3 is 1. The Morgan fingerprint density at radius 3 is 2.42 bits per heavy atom. The van der Waals surface area contributed by atoms with Gasteiger partial charge in [-0.25, -0.2) is 4.79 Å². The van der Waals surface area contributed by atoms with Gasteiger partial charge >= 0.3 is 11.9 Å². The normalized spacial score (nSPS) is 11.5. The first kappa shape index (κ1) is 22.8. The largest absolute Gasteiger partial charge is 0.465 e. The number of thiazole rings is 1. The summed E-state index contributed by atoms with van der Waals surface area (Å²) in [7, 11) is 1.31. The summed E-state index contributed by atoms with van der Waals surface area (Å²) in [5.74, 6) is -0.368. The van der Waals surface area contributed by atoms with Gasteiger partial charge in [0.2, 0.25) is 0 Å². The third kappa shape index (κ3) is 5.42. The molecule has 0 saturated carbocycles. The molecular formula is C22H22N2O5S2. The second kappa shape index (κ2) is 10.4. The van der Waals surface area contributed by atoms with Gasteiger partial charge < -0.3 is 14.0 Å². The molecule has 9 heteroatoms. The van der Waals surface area contributed by atoms with Crippen molar-refractivity contribution in [2.75, 3.05) is 19.5 Å². The van der Waals surface area contributed by atoms with Crippen molar-refractivity contribution in [3.8, 4) is 0 Å². The Balaban J connectivity index is 2.06. The monoisotopic (exact) mass is 458 g/mol.